The molecule has 9 aromatic carbocycles. The van der Waals surface area contributed by atoms with Gasteiger partial charge >= 0.3 is 0 Å². The van der Waals surface area contributed by atoms with Crippen LogP contribution in [0.4, 0.5) is 0 Å². The maximum Gasteiger partial charge on any atom is 0.0547 e. The molecule has 1 aliphatic carbocycles. The lowest BCUT2D eigenvalue weighted by atomic mass is 9.82. The van der Waals surface area contributed by atoms with Gasteiger partial charge in [-0.3, -0.25) is 0 Å². The summed E-state index contributed by atoms with van der Waals surface area (Å²) >= 11 is 0. The van der Waals surface area contributed by atoms with E-state index in [1.54, 1.807) is 0 Å². The first-order valence-corrected chi connectivity index (χ1v) is 20.9. The van der Waals surface area contributed by atoms with Crippen LogP contribution >= 0.6 is 0 Å². The summed E-state index contributed by atoms with van der Waals surface area (Å²) in [5.41, 5.74) is 18.6. The molecule has 0 saturated heterocycles. The minimum Gasteiger partial charge on any atom is -0.309 e. The Morgan fingerprint density at radius 3 is 1.48 bits per heavy atom. The summed E-state index contributed by atoms with van der Waals surface area (Å²) in [5, 5.41) is 7.52. The van der Waals surface area contributed by atoms with Crippen LogP contribution in [-0.2, 0) is 5.41 Å². The number of rotatable bonds is 4. The molecule has 1 aliphatic rings. The van der Waals surface area contributed by atoms with E-state index in [4.69, 9.17) is 0 Å². The fourth-order valence-corrected chi connectivity index (χ4v) is 10.6. The van der Waals surface area contributed by atoms with Crippen molar-refractivity contribution in [2.45, 2.75) is 19.3 Å². The van der Waals surface area contributed by atoms with Crippen LogP contribution in [-0.4, -0.2) is 13.7 Å². The maximum atomic E-state index is 2.46. The van der Waals surface area contributed by atoms with Crippen LogP contribution < -0.4 is 0 Å². The van der Waals surface area contributed by atoms with Gasteiger partial charge < -0.3 is 13.7 Å². The second-order valence-corrected chi connectivity index (χ2v) is 17.0. The molecule has 0 radical (unpaired) electrons. The van der Waals surface area contributed by atoms with Crippen LogP contribution in [0.25, 0.3) is 105 Å². The van der Waals surface area contributed by atoms with Gasteiger partial charge in [0, 0.05) is 54.8 Å². The highest BCUT2D eigenvalue weighted by Crippen LogP contribution is 2.49. The van der Waals surface area contributed by atoms with Crippen LogP contribution in [0.3, 0.4) is 0 Å². The largest absolute Gasteiger partial charge is 0.309 e. The van der Waals surface area contributed by atoms with Crippen molar-refractivity contribution in [3.8, 4) is 39.3 Å². The predicted molar refractivity (Wildman–Crippen MR) is 252 cm³/mol. The lowest BCUT2D eigenvalue weighted by Crippen LogP contribution is -2.15. The highest BCUT2D eigenvalue weighted by molar-refractivity contribution is 6.14. The van der Waals surface area contributed by atoms with Crippen molar-refractivity contribution in [2.24, 2.45) is 0 Å². The number of para-hydroxylation sites is 4. The van der Waals surface area contributed by atoms with Gasteiger partial charge in [-0.2, -0.15) is 0 Å². The molecule has 12 aromatic rings. The summed E-state index contributed by atoms with van der Waals surface area (Å²) in [5.74, 6) is 0. The Bertz CT molecular complexity index is 3740. The molecule has 0 unspecified atom stereocenters. The van der Waals surface area contributed by atoms with E-state index in [-0.39, 0.29) is 5.41 Å². The SMILES string of the molecule is CC1(C)c2ccccc2-c2ccc(-n3c4ccccc4c4cc(-c5ccc6c7ccccc7n(-c7ccc8c(c7)c7ccccc7n8-c7ccccc7)c6c5)ccc43)cc21. The van der Waals surface area contributed by atoms with Crippen molar-refractivity contribution in [1.82, 2.24) is 13.7 Å². The molecule has 0 aliphatic heterocycles. The zero-order valence-electron chi connectivity index (χ0n) is 33.4. The molecule has 3 nitrogen and oxygen atoms in total. The highest BCUT2D eigenvalue weighted by atomic mass is 15.0. The molecule has 0 saturated carbocycles. The normalized spacial score (nSPS) is 13.3. The fourth-order valence-electron chi connectivity index (χ4n) is 10.6. The Morgan fingerprint density at radius 2 is 0.750 bits per heavy atom. The first-order chi connectivity index (χ1) is 29.5. The average molecular weight is 766 g/mol. The number of hydrogen-bond acceptors (Lipinski definition) is 0. The standard InChI is InChI=1S/C57H39N3/c1-57(2)49-20-10-6-16-41(49)42-29-26-40(35-50(42)57)59-53-23-13-8-18-44(53)47-32-36(25-30-54(47)59)37-24-28-46-43-17-7-11-21-51(43)60(56(46)33-37)39-27-31-55-48(34-39)45-19-9-12-22-52(45)58(55)38-14-4-3-5-15-38/h3-35H,1-2H3. The molecule has 0 atom stereocenters. The Labute approximate surface area is 347 Å². The monoisotopic (exact) mass is 765 g/mol. The third-order valence-electron chi connectivity index (χ3n) is 13.4. The second-order valence-electron chi connectivity index (χ2n) is 17.0. The predicted octanol–water partition coefficient (Wildman–Crippen LogP) is 15.0. The van der Waals surface area contributed by atoms with Crippen molar-refractivity contribution >= 4 is 65.4 Å². The molecule has 3 aromatic heterocycles. The van der Waals surface area contributed by atoms with Crippen molar-refractivity contribution in [1.29, 1.82) is 0 Å². The summed E-state index contributed by atoms with van der Waals surface area (Å²) in [6.07, 6.45) is 0. The Kier molecular flexibility index (Phi) is 6.78. The molecule has 60 heavy (non-hydrogen) atoms. The van der Waals surface area contributed by atoms with Crippen molar-refractivity contribution in [3.05, 3.63) is 211 Å². The van der Waals surface area contributed by atoms with Gasteiger partial charge in [0.1, 0.15) is 0 Å². The van der Waals surface area contributed by atoms with Gasteiger partial charge in [0.05, 0.1) is 33.1 Å². The summed E-state index contributed by atoms with van der Waals surface area (Å²) in [4.78, 5) is 0. The highest BCUT2D eigenvalue weighted by Gasteiger charge is 2.35. The van der Waals surface area contributed by atoms with Crippen LogP contribution in [0.5, 0.6) is 0 Å². The van der Waals surface area contributed by atoms with Gasteiger partial charge in [-0.25, -0.2) is 0 Å². The molecule has 0 spiro atoms. The fraction of sp³-hybridized carbons (Fsp3) is 0.0526. The molecule has 3 heterocycles. The molecule has 0 N–H and O–H groups in total. The molecular weight excluding hydrogens is 727 g/mol. The third kappa shape index (κ3) is 4.55. The Morgan fingerprint density at radius 1 is 0.283 bits per heavy atom. The lowest BCUT2D eigenvalue weighted by Gasteiger charge is -2.22. The number of nitrogens with zero attached hydrogens (tertiary/aromatic N) is 3. The van der Waals surface area contributed by atoms with Crippen LogP contribution in [0, 0.1) is 0 Å². The van der Waals surface area contributed by atoms with Crippen LogP contribution in [0.1, 0.15) is 25.0 Å². The van der Waals surface area contributed by atoms with Gasteiger partial charge in [0.15, 0.2) is 0 Å². The maximum absolute atomic E-state index is 2.46. The van der Waals surface area contributed by atoms with E-state index in [2.05, 4.69) is 228 Å². The first-order valence-electron chi connectivity index (χ1n) is 20.9. The molecule has 3 heteroatoms. The average Bonchev–Trinajstić information content (AvgIpc) is 3.99. The molecule has 0 fully saturated rings. The van der Waals surface area contributed by atoms with E-state index in [1.807, 2.05) is 0 Å². The quantitative estimate of drug-likeness (QED) is 0.169. The molecule has 0 amide bonds. The van der Waals surface area contributed by atoms with Crippen molar-refractivity contribution in [2.75, 3.05) is 0 Å². The topological polar surface area (TPSA) is 14.8 Å². The van der Waals surface area contributed by atoms with E-state index < -0.39 is 0 Å². The van der Waals surface area contributed by atoms with Crippen molar-refractivity contribution in [3.63, 3.8) is 0 Å². The summed E-state index contributed by atoms with van der Waals surface area (Å²) < 4.78 is 7.30. The van der Waals surface area contributed by atoms with Gasteiger partial charge in [0.25, 0.3) is 0 Å². The van der Waals surface area contributed by atoms with E-state index in [0.29, 0.717) is 0 Å². The Hall–Kier alpha value is -7.62. The minimum absolute atomic E-state index is 0.0677. The number of benzene rings is 9. The van der Waals surface area contributed by atoms with Gasteiger partial charge in [-0.15, -0.1) is 0 Å². The summed E-state index contributed by atoms with van der Waals surface area (Å²) in [6.45, 7) is 4.72. The lowest BCUT2D eigenvalue weighted by molar-refractivity contribution is 0.660. The van der Waals surface area contributed by atoms with E-state index in [9.17, 15) is 0 Å². The summed E-state index contributed by atoms with van der Waals surface area (Å²) in [6, 6.07) is 74.1. The zero-order chi connectivity index (χ0) is 39.7. The number of aromatic nitrogens is 3. The van der Waals surface area contributed by atoms with E-state index >= 15 is 0 Å². The molecular formula is C57H39N3. The number of fused-ring (bicyclic) bond motifs is 12. The van der Waals surface area contributed by atoms with Gasteiger partial charge in [-0.05, 0) is 112 Å². The van der Waals surface area contributed by atoms with Gasteiger partial charge in [0.2, 0.25) is 0 Å². The Balaban J connectivity index is 0.983. The molecule has 0 bridgehead atoms. The zero-order valence-corrected chi connectivity index (χ0v) is 33.4. The first kappa shape index (κ1) is 33.4. The number of hydrogen-bond donors (Lipinski definition) is 0. The van der Waals surface area contributed by atoms with Crippen molar-refractivity contribution < 1.29 is 0 Å². The van der Waals surface area contributed by atoms with Crippen LogP contribution in [0.2, 0.25) is 0 Å². The van der Waals surface area contributed by atoms with E-state index in [0.717, 1.165) is 5.69 Å². The second kappa shape index (κ2) is 12.2. The molecule has 282 valence electrons. The van der Waals surface area contributed by atoms with Crippen LogP contribution in [0.15, 0.2) is 200 Å². The smallest absolute Gasteiger partial charge is 0.0547 e. The molecule has 13 rings (SSSR count). The van der Waals surface area contributed by atoms with E-state index in [1.165, 1.54) is 110 Å². The summed E-state index contributed by atoms with van der Waals surface area (Å²) in [7, 11) is 0. The third-order valence-corrected chi connectivity index (χ3v) is 13.4. The minimum atomic E-state index is -0.0677. The van der Waals surface area contributed by atoms with Gasteiger partial charge in [-0.1, -0.05) is 135 Å².